The highest BCUT2D eigenvalue weighted by Crippen LogP contribution is 2.42. The number of hydrogen-bond acceptors (Lipinski definition) is 6. The van der Waals surface area contributed by atoms with E-state index in [4.69, 9.17) is 34.8 Å². The van der Waals surface area contributed by atoms with E-state index in [1.54, 1.807) is 6.07 Å². The molecular weight excluding hydrogens is 451 g/mol. The van der Waals surface area contributed by atoms with E-state index >= 15 is 0 Å². The van der Waals surface area contributed by atoms with Crippen LogP contribution in [0, 0.1) is 10.1 Å². The van der Waals surface area contributed by atoms with Crippen molar-refractivity contribution >= 4 is 69.5 Å². The van der Waals surface area contributed by atoms with Crippen molar-refractivity contribution in [3.63, 3.8) is 0 Å². The number of nitro groups is 1. The van der Waals surface area contributed by atoms with E-state index in [2.05, 4.69) is 0 Å². The molecule has 0 bridgehead atoms. The third kappa shape index (κ3) is 3.81. The van der Waals surface area contributed by atoms with Gasteiger partial charge >= 0.3 is 0 Å². The fourth-order valence-electron chi connectivity index (χ4n) is 2.49. The minimum Gasteiger partial charge on any atom is -0.505 e. The molecule has 0 saturated carbocycles. The molecule has 3 rings (SSSR count). The molecule has 0 atom stereocenters. The van der Waals surface area contributed by atoms with Gasteiger partial charge in [0.2, 0.25) is 0 Å². The maximum absolute atomic E-state index is 12.7. The zero-order valence-corrected chi connectivity index (χ0v) is 16.8. The highest BCUT2D eigenvalue weighted by molar-refractivity contribution is 8.18. The quantitative estimate of drug-likeness (QED) is 0.368. The van der Waals surface area contributed by atoms with Gasteiger partial charge < -0.3 is 5.11 Å². The van der Waals surface area contributed by atoms with Crippen LogP contribution in [0.25, 0.3) is 6.08 Å². The number of phenols is 1. The third-order valence-corrected chi connectivity index (χ3v) is 5.74. The minimum atomic E-state index is -0.658. The Morgan fingerprint density at radius 3 is 2.54 bits per heavy atom. The van der Waals surface area contributed by atoms with Crippen LogP contribution in [0.15, 0.2) is 35.2 Å². The first kappa shape index (κ1) is 20.5. The second-order valence-corrected chi connectivity index (χ2v) is 7.76. The average molecular weight is 460 g/mol. The molecule has 2 aromatic carbocycles. The number of carbonyl (C=O) groups excluding carboxylic acids is 2. The monoisotopic (exact) mass is 458 g/mol. The maximum atomic E-state index is 12.7. The lowest BCUT2D eigenvalue weighted by Crippen LogP contribution is -2.27. The Labute approximate surface area is 177 Å². The molecule has 1 saturated heterocycles. The van der Waals surface area contributed by atoms with Crippen molar-refractivity contribution in [1.82, 2.24) is 4.90 Å². The average Bonchev–Trinajstić information content (AvgIpc) is 2.91. The van der Waals surface area contributed by atoms with Crippen LogP contribution in [0.3, 0.4) is 0 Å². The van der Waals surface area contributed by atoms with Gasteiger partial charge in [0.15, 0.2) is 5.75 Å². The number of imide groups is 1. The Morgan fingerprint density at radius 1 is 1.18 bits per heavy atom. The number of benzene rings is 2. The fourth-order valence-corrected chi connectivity index (χ4v) is 4.18. The normalized spacial score (nSPS) is 15.5. The molecule has 1 heterocycles. The van der Waals surface area contributed by atoms with Gasteiger partial charge in [0, 0.05) is 17.2 Å². The number of amides is 2. The SMILES string of the molecule is O=C1S/C(=C\c2c(Cl)cc(Cl)c(O)c2Cl)C(=O)N1Cc1ccccc1[N+](=O)[O-]. The predicted octanol–water partition coefficient (Wildman–Crippen LogP) is 5.50. The standard InChI is InChI=1S/C17H9Cl3N2O5S/c18-10-6-11(19)15(23)14(20)9(10)5-13-16(24)21(17(25)28-13)7-8-3-1-2-4-12(8)22(26)27/h1-6,23H,7H2/b13-5-. The molecule has 0 aliphatic carbocycles. The molecule has 1 aliphatic rings. The van der Waals surface area contributed by atoms with Crippen LogP contribution >= 0.6 is 46.6 Å². The Hall–Kier alpha value is -2.26. The summed E-state index contributed by atoms with van der Waals surface area (Å²) in [5.74, 6) is -1.06. The molecular formula is C17H9Cl3N2O5S. The number of rotatable bonds is 4. The topological polar surface area (TPSA) is 101 Å². The van der Waals surface area contributed by atoms with Crippen LogP contribution in [-0.4, -0.2) is 26.1 Å². The summed E-state index contributed by atoms with van der Waals surface area (Å²) in [5, 5.41) is 20.2. The van der Waals surface area contributed by atoms with E-state index in [9.17, 15) is 24.8 Å². The summed E-state index contributed by atoms with van der Waals surface area (Å²) >= 11 is 18.5. The van der Waals surface area contributed by atoms with Gasteiger partial charge in [-0.2, -0.15) is 0 Å². The van der Waals surface area contributed by atoms with Gasteiger partial charge in [-0.1, -0.05) is 53.0 Å². The van der Waals surface area contributed by atoms with E-state index < -0.39 is 21.8 Å². The molecule has 0 radical (unpaired) electrons. The van der Waals surface area contributed by atoms with Gasteiger partial charge in [0.25, 0.3) is 16.8 Å². The van der Waals surface area contributed by atoms with Crippen molar-refractivity contribution in [2.45, 2.75) is 6.54 Å². The van der Waals surface area contributed by atoms with E-state index in [1.165, 1.54) is 30.3 Å². The number of halogens is 3. The summed E-state index contributed by atoms with van der Waals surface area (Å²) in [6.45, 7) is -0.257. The van der Waals surface area contributed by atoms with E-state index in [0.29, 0.717) is 11.8 Å². The molecule has 28 heavy (non-hydrogen) atoms. The van der Waals surface area contributed by atoms with Crippen LogP contribution in [0.2, 0.25) is 15.1 Å². The molecule has 0 aromatic heterocycles. The van der Waals surface area contributed by atoms with Crippen LogP contribution < -0.4 is 0 Å². The molecule has 0 unspecified atom stereocenters. The number of thioether (sulfide) groups is 1. The Kier molecular flexibility index (Phi) is 5.85. The number of nitrogens with zero attached hydrogens (tertiary/aromatic N) is 2. The van der Waals surface area contributed by atoms with E-state index in [0.717, 1.165) is 4.90 Å². The maximum Gasteiger partial charge on any atom is 0.293 e. The Balaban J connectivity index is 1.94. The van der Waals surface area contributed by atoms with Gasteiger partial charge in [-0.3, -0.25) is 24.6 Å². The first-order valence-corrected chi connectivity index (χ1v) is 9.50. The molecule has 1 fully saturated rings. The second-order valence-electron chi connectivity index (χ2n) is 5.57. The highest BCUT2D eigenvalue weighted by Gasteiger charge is 2.36. The molecule has 1 aliphatic heterocycles. The van der Waals surface area contributed by atoms with Gasteiger partial charge in [-0.15, -0.1) is 0 Å². The Bertz CT molecular complexity index is 1060. The lowest BCUT2D eigenvalue weighted by molar-refractivity contribution is -0.385. The molecule has 7 nitrogen and oxygen atoms in total. The van der Waals surface area contributed by atoms with Crippen LogP contribution in [0.5, 0.6) is 5.75 Å². The first-order chi connectivity index (χ1) is 13.2. The molecule has 2 aromatic rings. The van der Waals surface area contributed by atoms with Gasteiger partial charge in [-0.05, 0) is 23.9 Å². The summed E-state index contributed by atoms with van der Waals surface area (Å²) in [7, 11) is 0. The molecule has 0 spiro atoms. The van der Waals surface area contributed by atoms with Crippen molar-refractivity contribution in [1.29, 1.82) is 0 Å². The summed E-state index contributed by atoms with van der Waals surface area (Å²) in [4.78, 5) is 36.4. The zero-order chi connectivity index (χ0) is 20.6. The number of para-hydroxylation sites is 1. The van der Waals surface area contributed by atoms with Crippen LogP contribution in [-0.2, 0) is 11.3 Å². The summed E-state index contributed by atoms with van der Waals surface area (Å²) < 4.78 is 0. The number of aromatic hydroxyl groups is 1. The minimum absolute atomic E-state index is 0.00843. The molecule has 2 amide bonds. The predicted molar refractivity (Wildman–Crippen MR) is 108 cm³/mol. The molecule has 11 heteroatoms. The summed E-state index contributed by atoms with van der Waals surface area (Å²) in [5.41, 5.74) is 0.150. The smallest absolute Gasteiger partial charge is 0.293 e. The fraction of sp³-hybridized carbons (Fsp3) is 0.0588. The van der Waals surface area contributed by atoms with Crippen LogP contribution in [0.1, 0.15) is 11.1 Å². The van der Waals surface area contributed by atoms with Gasteiger partial charge in [0.05, 0.1) is 31.4 Å². The van der Waals surface area contributed by atoms with E-state index in [-0.39, 0.29) is 43.3 Å². The zero-order valence-electron chi connectivity index (χ0n) is 13.7. The second kappa shape index (κ2) is 8.00. The van der Waals surface area contributed by atoms with Crippen molar-refractivity contribution in [3.05, 3.63) is 71.5 Å². The van der Waals surface area contributed by atoms with Gasteiger partial charge in [-0.25, -0.2) is 0 Å². The van der Waals surface area contributed by atoms with Crippen molar-refractivity contribution in [3.8, 4) is 5.75 Å². The number of hydrogen-bond donors (Lipinski definition) is 1. The lowest BCUT2D eigenvalue weighted by atomic mass is 10.1. The summed E-state index contributed by atoms with van der Waals surface area (Å²) in [6, 6.07) is 7.09. The van der Waals surface area contributed by atoms with Gasteiger partial charge in [0.1, 0.15) is 0 Å². The largest absolute Gasteiger partial charge is 0.505 e. The molecule has 1 N–H and O–H groups in total. The van der Waals surface area contributed by atoms with E-state index in [1.807, 2.05) is 0 Å². The lowest BCUT2D eigenvalue weighted by Gasteiger charge is -2.12. The number of nitro benzene ring substituents is 1. The van der Waals surface area contributed by atoms with Crippen molar-refractivity contribution in [2.24, 2.45) is 0 Å². The molecule has 144 valence electrons. The third-order valence-electron chi connectivity index (χ3n) is 3.85. The summed E-state index contributed by atoms with van der Waals surface area (Å²) in [6.07, 6.45) is 1.27. The Morgan fingerprint density at radius 2 is 1.86 bits per heavy atom. The number of carbonyl (C=O) groups is 2. The van der Waals surface area contributed by atoms with Crippen molar-refractivity contribution in [2.75, 3.05) is 0 Å². The van der Waals surface area contributed by atoms with Crippen LogP contribution in [0.4, 0.5) is 10.5 Å². The first-order valence-electron chi connectivity index (χ1n) is 7.54. The van der Waals surface area contributed by atoms with Crippen molar-refractivity contribution < 1.29 is 19.6 Å². The highest BCUT2D eigenvalue weighted by atomic mass is 35.5. The number of phenolic OH excluding ortho intramolecular Hbond substituents is 1.